The van der Waals surface area contributed by atoms with E-state index in [-0.39, 0.29) is 5.91 Å². The quantitative estimate of drug-likeness (QED) is 0.676. The standard InChI is InChI=1S/C16H18N6O2S/c1-4-22-15(12-6-5-7-13(8-12)17-10(2)23)20-21-16(22)25-9-14-19-18-11(3)24-14/h5-8H,4,9H2,1-3H3,(H,17,23). The predicted molar refractivity (Wildman–Crippen MR) is 94.0 cm³/mol. The average molecular weight is 358 g/mol. The molecule has 9 heteroatoms. The molecule has 0 saturated carbocycles. The molecule has 8 nitrogen and oxygen atoms in total. The smallest absolute Gasteiger partial charge is 0.226 e. The number of aromatic nitrogens is 5. The number of nitrogens with zero attached hydrogens (tertiary/aromatic N) is 5. The molecule has 0 bridgehead atoms. The monoisotopic (exact) mass is 358 g/mol. The van der Waals surface area contributed by atoms with E-state index in [1.54, 1.807) is 6.92 Å². The van der Waals surface area contributed by atoms with Crippen molar-refractivity contribution in [3.8, 4) is 11.4 Å². The van der Waals surface area contributed by atoms with E-state index < -0.39 is 0 Å². The Morgan fingerprint density at radius 2 is 2.12 bits per heavy atom. The molecule has 0 saturated heterocycles. The molecule has 3 rings (SSSR count). The maximum absolute atomic E-state index is 11.2. The van der Waals surface area contributed by atoms with Crippen LogP contribution in [0.3, 0.4) is 0 Å². The van der Waals surface area contributed by atoms with E-state index in [1.807, 2.05) is 35.8 Å². The van der Waals surface area contributed by atoms with E-state index in [4.69, 9.17) is 4.42 Å². The summed E-state index contributed by atoms with van der Waals surface area (Å²) in [5.41, 5.74) is 1.62. The van der Waals surface area contributed by atoms with Crippen LogP contribution < -0.4 is 5.32 Å². The number of amides is 1. The van der Waals surface area contributed by atoms with Gasteiger partial charge in [-0.15, -0.1) is 20.4 Å². The molecule has 130 valence electrons. The lowest BCUT2D eigenvalue weighted by atomic mass is 10.2. The van der Waals surface area contributed by atoms with Gasteiger partial charge in [0.15, 0.2) is 11.0 Å². The summed E-state index contributed by atoms with van der Waals surface area (Å²) in [6, 6.07) is 7.54. The van der Waals surface area contributed by atoms with Gasteiger partial charge in [-0.1, -0.05) is 23.9 Å². The van der Waals surface area contributed by atoms with Gasteiger partial charge in [0.1, 0.15) is 0 Å². The molecule has 1 N–H and O–H groups in total. The molecule has 0 atom stereocenters. The molecule has 0 aliphatic heterocycles. The van der Waals surface area contributed by atoms with Crippen LogP contribution in [-0.4, -0.2) is 30.9 Å². The SMILES string of the molecule is CCn1c(SCc2nnc(C)o2)nnc1-c1cccc(NC(C)=O)c1. The lowest BCUT2D eigenvalue weighted by Gasteiger charge is -2.08. The largest absolute Gasteiger partial charge is 0.425 e. The molecule has 1 aromatic carbocycles. The van der Waals surface area contributed by atoms with Crippen molar-refractivity contribution in [3.05, 3.63) is 36.0 Å². The number of aryl methyl sites for hydroxylation is 1. The minimum atomic E-state index is -0.111. The van der Waals surface area contributed by atoms with E-state index in [1.165, 1.54) is 18.7 Å². The zero-order valence-corrected chi connectivity index (χ0v) is 15.0. The normalized spacial score (nSPS) is 10.8. The van der Waals surface area contributed by atoms with Crippen molar-refractivity contribution in [1.82, 2.24) is 25.0 Å². The van der Waals surface area contributed by atoms with Crippen LogP contribution in [0, 0.1) is 6.92 Å². The van der Waals surface area contributed by atoms with Crippen LogP contribution >= 0.6 is 11.8 Å². The van der Waals surface area contributed by atoms with E-state index >= 15 is 0 Å². The Hall–Kier alpha value is -2.68. The fourth-order valence-corrected chi connectivity index (χ4v) is 3.19. The molecule has 1 amide bonds. The molecule has 0 fully saturated rings. The molecule has 2 aromatic heterocycles. The van der Waals surface area contributed by atoms with Gasteiger partial charge < -0.3 is 14.3 Å². The van der Waals surface area contributed by atoms with Gasteiger partial charge >= 0.3 is 0 Å². The van der Waals surface area contributed by atoms with Gasteiger partial charge in [0.05, 0.1) is 5.75 Å². The number of thioether (sulfide) groups is 1. The number of rotatable bonds is 6. The van der Waals surface area contributed by atoms with Gasteiger partial charge in [0.25, 0.3) is 0 Å². The van der Waals surface area contributed by atoms with Crippen LogP contribution in [0.2, 0.25) is 0 Å². The first kappa shape index (κ1) is 17.2. The second-order valence-corrected chi connectivity index (χ2v) is 6.26. The van der Waals surface area contributed by atoms with Gasteiger partial charge in [-0.2, -0.15) is 0 Å². The van der Waals surface area contributed by atoms with E-state index in [9.17, 15) is 4.79 Å². The topological polar surface area (TPSA) is 98.7 Å². The summed E-state index contributed by atoms with van der Waals surface area (Å²) in [4.78, 5) is 11.2. The Balaban J connectivity index is 1.83. The number of carbonyl (C=O) groups excluding carboxylic acids is 1. The Morgan fingerprint density at radius 1 is 1.28 bits per heavy atom. The maximum Gasteiger partial charge on any atom is 0.226 e. The van der Waals surface area contributed by atoms with Gasteiger partial charge in [0.2, 0.25) is 17.7 Å². The lowest BCUT2D eigenvalue weighted by molar-refractivity contribution is -0.114. The Bertz CT molecular complexity index is 888. The molecular formula is C16H18N6O2S. The highest BCUT2D eigenvalue weighted by molar-refractivity contribution is 7.98. The highest BCUT2D eigenvalue weighted by atomic mass is 32.2. The summed E-state index contributed by atoms with van der Waals surface area (Å²) in [7, 11) is 0. The minimum absolute atomic E-state index is 0.111. The number of benzene rings is 1. The van der Waals surface area contributed by atoms with Crippen LogP contribution in [0.15, 0.2) is 33.8 Å². The summed E-state index contributed by atoms with van der Waals surface area (Å²) in [5.74, 6) is 2.27. The van der Waals surface area contributed by atoms with Crippen molar-refractivity contribution < 1.29 is 9.21 Å². The summed E-state index contributed by atoms with van der Waals surface area (Å²) in [6.45, 7) is 5.99. The Labute approximate surface area is 149 Å². The van der Waals surface area contributed by atoms with E-state index in [0.717, 1.165) is 28.8 Å². The zero-order chi connectivity index (χ0) is 17.8. The van der Waals surface area contributed by atoms with Crippen LogP contribution in [0.4, 0.5) is 5.69 Å². The van der Waals surface area contributed by atoms with Crippen molar-refractivity contribution >= 4 is 23.4 Å². The number of carbonyl (C=O) groups is 1. The van der Waals surface area contributed by atoms with Gasteiger partial charge in [-0.25, -0.2) is 0 Å². The molecule has 0 spiro atoms. The first-order valence-electron chi connectivity index (χ1n) is 7.80. The number of nitrogens with one attached hydrogen (secondary N) is 1. The van der Waals surface area contributed by atoms with Gasteiger partial charge in [-0.05, 0) is 19.1 Å². The molecule has 25 heavy (non-hydrogen) atoms. The summed E-state index contributed by atoms with van der Waals surface area (Å²) >= 11 is 1.49. The number of hydrogen-bond acceptors (Lipinski definition) is 7. The van der Waals surface area contributed by atoms with E-state index in [0.29, 0.717) is 17.5 Å². The minimum Gasteiger partial charge on any atom is -0.425 e. The highest BCUT2D eigenvalue weighted by Crippen LogP contribution is 2.27. The fourth-order valence-electron chi connectivity index (χ4n) is 2.36. The van der Waals surface area contributed by atoms with Crippen LogP contribution in [0.1, 0.15) is 25.6 Å². The third-order valence-electron chi connectivity index (χ3n) is 3.37. The van der Waals surface area contributed by atoms with Crippen molar-refractivity contribution in [2.45, 2.75) is 38.2 Å². The Morgan fingerprint density at radius 3 is 2.80 bits per heavy atom. The third-order valence-corrected chi connectivity index (χ3v) is 4.32. The highest BCUT2D eigenvalue weighted by Gasteiger charge is 2.15. The second kappa shape index (κ2) is 7.47. The van der Waals surface area contributed by atoms with Crippen LogP contribution in [-0.2, 0) is 17.1 Å². The zero-order valence-electron chi connectivity index (χ0n) is 14.2. The average Bonchev–Trinajstić information content (AvgIpc) is 3.18. The molecule has 3 aromatic rings. The van der Waals surface area contributed by atoms with Crippen molar-refractivity contribution in [2.24, 2.45) is 0 Å². The molecule has 0 unspecified atom stereocenters. The molecule has 0 aliphatic rings. The lowest BCUT2D eigenvalue weighted by Crippen LogP contribution is -2.06. The van der Waals surface area contributed by atoms with Crippen LogP contribution in [0.25, 0.3) is 11.4 Å². The molecule has 0 aliphatic carbocycles. The van der Waals surface area contributed by atoms with Crippen LogP contribution in [0.5, 0.6) is 0 Å². The fraction of sp³-hybridized carbons (Fsp3) is 0.312. The third kappa shape index (κ3) is 4.05. The first-order chi connectivity index (χ1) is 12.1. The van der Waals surface area contributed by atoms with Crippen molar-refractivity contribution in [3.63, 3.8) is 0 Å². The second-order valence-electron chi connectivity index (χ2n) is 5.32. The molecule has 2 heterocycles. The van der Waals surface area contributed by atoms with Crippen molar-refractivity contribution in [2.75, 3.05) is 5.32 Å². The molecule has 0 radical (unpaired) electrons. The Kier molecular flexibility index (Phi) is 5.13. The maximum atomic E-state index is 11.2. The van der Waals surface area contributed by atoms with E-state index in [2.05, 4.69) is 25.7 Å². The van der Waals surface area contributed by atoms with Gasteiger partial charge in [0, 0.05) is 31.6 Å². The molecular weight excluding hydrogens is 340 g/mol. The summed E-state index contributed by atoms with van der Waals surface area (Å²) < 4.78 is 7.40. The first-order valence-corrected chi connectivity index (χ1v) is 8.78. The number of hydrogen-bond donors (Lipinski definition) is 1. The number of anilines is 1. The van der Waals surface area contributed by atoms with Gasteiger partial charge in [-0.3, -0.25) is 4.79 Å². The van der Waals surface area contributed by atoms with Crippen molar-refractivity contribution in [1.29, 1.82) is 0 Å². The summed E-state index contributed by atoms with van der Waals surface area (Å²) in [5, 5.41) is 19.9. The predicted octanol–water partition coefficient (Wildman–Crippen LogP) is 2.91. The summed E-state index contributed by atoms with van der Waals surface area (Å²) in [6.07, 6.45) is 0.